The van der Waals surface area contributed by atoms with E-state index in [1.807, 2.05) is 19.1 Å². The lowest BCUT2D eigenvalue weighted by atomic mass is 9.97. The molecule has 0 spiro atoms. The Morgan fingerprint density at radius 1 is 1.53 bits per heavy atom. The summed E-state index contributed by atoms with van der Waals surface area (Å²) in [6.45, 7) is 3.65. The summed E-state index contributed by atoms with van der Waals surface area (Å²) in [6.07, 6.45) is 1.02. The van der Waals surface area contributed by atoms with E-state index < -0.39 is 0 Å². The minimum absolute atomic E-state index is 0.262. The van der Waals surface area contributed by atoms with Gasteiger partial charge >= 0.3 is 0 Å². The predicted molar refractivity (Wildman–Crippen MR) is 73.1 cm³/mol. The maximum Gasteiger partial charge on any atom is 0.124 e. The third-order valence-corrected chi connectivity index (χ3v) is 4.36. The van der Waals surface area contributed by atoms with Crippen LogP contribution in [0.25, 0.3) is 0 Å². The van der Waals surface area contributed by atoms with Crippen LogP contribution < -0.4 is 5.73 Å². The van der Waals surface area contributed by atoms with Gasteiger partial charge < -0.3 is 10.8 Å². The normalized spacial score (nSPS) is 25.4. The molecule has 1 saturated heterocycles. The van der Waals surface area contributed by atoms with Crippen molar-refractivity contribution in [1.29, 1.82) is 0 Å². The fourth-order valence-corrected chi connectivity index (χ4v) is 3.21. The number of hydrogen-bond acceptors (Lipinski definition) is 3. The van der Waals surface area contributed by atoms with Gasteiger partial charge in [-0.25, -0.2) is 0 Å². The Labute approximate surface area is 111 Å². The first kappa shape index (κ1) is 12.9. The van der Waals surface area contributed by atoms with Crippen molar-refractivity contribution in [2.75, 3.05) is 20.1 Å². The van der Waals surface area contributed by atoms with Crippen LogP contribution in [0, 0.1) is 12.8 Å². The number of phenolic OH excluding ortho intramolecular Hbond substituents is 1. The average molecular weight is 299 g/mol. The summed E-state index contributed by atoms with van der Waals surface area (Å²) in [4.78, 5) is 2.27. The van der Waals surface area contributed by atoms with Crippen LogP contribution in [0.15, 0.2) is 16.6 Å². The van der Waals surface area contributed by atoms with Crippen LogP contribution in [0.3, 0.4) is 0 Å². The first-order valence-corrected chi connectivity index (χ1v) is 6.72. The third-order valence-electron chi connectivity index (χ3n) is 3.67. The van der Waals surface area contributed by atoms with E-state index in [9.17, 15) is 5.11 Å². The van der Waals surface area contributed by atoms with Crippen molar-refractivity contribution in [3.63, 3.8) is 0 Å². The van der Waals surface area contributed by atoms with Gasteiger partial charge in [0.15, 0.2) is 0 Å². The molecular weight excluding hydrogens is 280 g/mol. The Morgan fingerprint density at radius 3 is 2.82 bits per heavy atom. The molecule has 2 rings (SSSR count). The molecule has 17 heavy (non-hydrogen) atoms. The van der Waals surface area contributed by atoms with E-state index in [1.54, 1.807) is 0 Å². The summed E-state index contributed by atoms with van der Waals surface area (Å²) in [5.41, 5.74) is 7.67. The molecular formula is C13H19BrN2O. The second kappa shape index (κ2) is 4.96. The number of nitrogens with two attached hydrogens (primary N) is 1. The molecule has 2 atom stereocenters. The van der Waals surface area contributed by atoms with E-state index in [4.69, 9.17) is 5.73 Å². The minimum Gasteiger partial charge on any atom is -0.507 e. The van der Waals surface area contributed by atoms with Crippen LogP contribution in [0.1, 0.15) is 23.6 Å². The molecule has 1 aromatic carbocycles. The Bertz CT molecular complexity index is 422. The van der Waals surface area contributed by atoms with E-state index in [0.717, 1.165) is 28.6 Å². The van der Waals surface area contributed by atoms with Crippen molar-refractivity contribution in [2.24, 2.45) is 11.7 Å². The van der Waals surface area contributed by atoms with Gasteiger partial charge in [-0.2, -0.15) is 0 Å². The number of rotatable bonds is 2. The maximum atomic E-state index is 10.2. The molecule has 1 aliphatic rings. The summed E-state index contributed by atoms with van der Waals surface area (Å²) < 4.78 is 0.982. The molecule has 1 heterocycles. The van der Waals surface area contributed by atoms with Gasteiger partial charge in [-0.15, -0.1) is 0 Å². The second-order valence-corrected chi connectivity index (χ2v) is 5.77. The molecule has 0 saturated carbocycles. The minimum atomic E-state index is 0.262. The molecule has 0 radical (unpaired) electrons. The van der Waals surface area contributed by atoms with Crippen LogP contribution in [0.2, 0.25) is 0 Å². The van der Waals surface area contributed by atoms with Crippen LogP contribution in [0.5, 0.6) is 5.75 Å². The zero-order valence-electron chi connectivity index (χ0n) is 10.3. The summed E-state index contributed by atoms with van der Waals surface area (Å²) in [7, 11) is 2.09. The quantitative estimate of drug-likeness (QED) is 0.881. The summed E-state index contributed by atoms with van der Waals surface area (Å²) in [5, 5.41) is 10.2. The van der Waals surface area contributed by atoms with Gasteiger partial charge in [0, 0.05) is 22.6 Å². The van der Waals surface area contributed by atoms with Gasteiger partial charge in [0.1, 0.15) is 5.75 Å². The number of hydrogen-bond donors (Lipinski definition) is 2. The number of phenols is 1. The van der Waals surface area contributed by atoms with Crippen LogP contribution >= 0.6 is 15.9 Å². The second-order valence-electron chi connectivity index (χ2n) is 4.92. The fraction of sp³-hybridized carbons (Fsp3) is 0.538. The highest BCUT2D eigenvalue weighted by Crippen LogP contribution is 2.42. The average Bonchev–Trinajstić information content (AvgIpc) is 2.66. The lowest BCUT2D eigenvalue weighted by Crippen LogP contribution is -2.20. The first-order valence-electron chi connectivity index (χ1n) is 5.92. The third kappa shape index (κ3) is 2.34. The number of aryl methyl sites for hydroxylation is 1. The molecule has 94 valence electrons. The molecule has 1 aliphatic heterocycles. The lowest BCUT2D eigenvalue weighted by molar-refractivity contribution is 0.304. The zero-order valence-corrected chi connectivity index (χ0v) is 11.9. The molecule has 3 nitrogen and oxygen atoms in total. The number of benzene rings is 1. The van der Waals surface area contributed by atoms with Crippen LogP contribution in [-0.4, -0.2) is 30.1 Å². The van der Waals surface area contributed by atoms with Gasteiger partial charge in [0.25, 0.3) is 0 Å². The van der Waals surface area contributed by atoms with Gasteiger partial charge in [0.05, 0.1) is 0 Å². The lowest BCUT2D eigenvalue weighted by Gasteiger charge is -2.22. The molecule has 4 heteroatoms. The van der Waals surface area contributed by atoms with Gasteiger partial charge in [-0.1, -0.05) is 22.0 Å². The SMILES string of the molecule is Cc1ccc(Br)c(C2CC(CN)CN2C)c1O. The highest BCUT2D eigenvalue weighted by atomic mass is 79.9. The van der Waals surface area contributed by atoms with Crippen molar-refractivity contribution in [1.82, 2.24) is 4.90 Å². The number of likely N-dealkylation sites (tertiary alicyclic amines) is 1. The summed E-state index contributed by atoms with van der Waals surface area (Å²) in [5.74, 6) is 0.936. The molecule has 0 amide bonds. The number of aromatic hydroxyl groups is 1. The van der Waals surface area contributed by atoms with Gasteiger partial charge in [0.2, 0.25) is 0 Å². The van der Waals surface area contributed by atoms with E-state index in [-0.39, 0.29) is 6.04 Å². The molecule has 0 aliphatic carbocycles. The van der Waals surface area contributed by atoms with Crippen molar-refractivity contribution in [3.8, 4) is 5.75 Å². The van der Waals surface area contributed by atoms with E-state index >= 15 is 0 Å². The first-order chi connectivity index (χ1) is 8.04. The largest absolute Gasteiger partial charge is 0.507 e. The topological polar surface area (TPSA) is 49.5 Å². The maximum absolute atomic E-state index is 10.2. The van der Waals surface area contributed by atoms with Gasteiger partial charge in [-0.3, -0.25) is 4.90 Å². The Hall–Kier alpha value is -0.580. The fourth-order valence-electron chi connectivity index (χ4n) is 2.62. The van der Waals surface area contributed by atoms with Gasteiger partial charge in [-0.05, 0) is 44.5 Å². The standard InChI is InChI=1S/C13H19BrN2O/c1-8-3-4-10(14)12(13(8)17)11-5-9(6-15)7-16(11)2/h3-4,9,11,17H,5-7,15H2,1-2H3. The van der Waals surface area contributed by atoms with Crippen molar-refractivity contribution in [3.05, 3.63) is 27.7 Å². The molecule has 2 unspecified atom stereocenters. The number of nitrogens with zero attached hydrogens (tertiary/aromatic N) is 1. The van der Waals surface area contributed by atoms with E-state index in [0.29, 0.717) is 18.2 Å². The van der Waals surface area contributed by atoms with Crippen LogP contribution in [-0.2, 0) is 0 Å². The van der Waals surface area contributed by atoms with Crippen molar-refractivity contribution < 1.29 is 5.11 Å². The van der Waals surface area contributed by atoms with E-state index in [2.05, 4.69) is 27.9 Å². The Kier molecular flexibility index (Phi) is 3.76. The van der Waals surface area contributed by atoms with E-state index in [1.165, 1.54) is 0 Å². The molecule has 1 aromatic rings. The molecule has 3 N–H and O–H groups in total. The molecule has 0 bridgehead atoms. The highest BCUT2D eigenvalue weighted by molar-refractivity contribution is 9.10. The summed E-state index contributed by atoms with van der Waals surface area (Å²) >= 11 is 3.54. The smallest absolute Gasteiger partial charge is 0.124 e. The summed E-state index contributed by atoms with van der Waals surface area (Å²) in [6, 6.07) is 4.20. The van der Waals surface area contributed by atoms with Crippen molar-refractivity contribution >= 4 is 15.9 Å². The Balaban J connectivity index is 2.37. The Morgan fingerprint density at radius 2 is 2.24 bits per heavy atom. The highest BCUT2D eigenvalue weighted by Gasteiger charge is 2.32. The number of halogens is 1. The molecule has 0 aromatic heterocycles. The molecule has 1 fully saturated rings. The zero-order chi connectivity index (χ0) is 12.6. The monoisotopic (exact) mass is 298 g/mol. The van der Waals surface area contributed by atoms with Crippen LogP contribution in [0.4, 0.5) is 0 Å². The predicted octanol–water partition coefficient (Wildman–Crippen LogP) is 2.41. The van der Waals surface area contributed by atoms with Crippen molar-refractivity contribution in [2.45, 2.75) is 19.4 Å².